The Morgan fingerprint density at radius 2 is 2.29 bits per heavy atom. The van der Waals surface area contributed by atoms with Crippen LogP contribution in [0.15, 0.2) is 24.3 Å². The van der Waals surface area contributed by atoms with Crippen LogP contribution in [0.3, 0.4) is 0 Å². The second-order valence-corrected chi connectivity index (χ2v) is 3.45. The molecule has 0 spiro atoms. The Kier molecular flexibility index (Phi) is 3.10. The summed E-state index contributed by atoms with van der Waals surface area (Å²) in [5, 5.41) is 17.4. The summed E-state index contributed by atoms with van der Waals surface area (Å²) in [4.78, 5) is 14.4. The Morgan fingerprint density at radius 3 is 3.00 bits per heavy atom. The molecule has 88 valence electrons. The lowest BCUT2D eigenvalue weighted by molar-refractivity contribution is -0.384. The first kappa shape index (κ1) is 11.2. The summed E-state index contributed by atoms with van der Waals surface area (Å²) in [6, 6.07) is 6.20. The lowest BCUT2D eigenvalue weighted by Gasteiger charge is -1.95. The molecule has 17 heavy (non-hydrogen) atoms. The molecule has 7 heteroatoms. The Hall–Kier alpha value is -2.28. The van der Waals surface area contributed by atoms with Gasteiger partial charge in [0, 0.05) is 24.1 Å². The molecule has 1 aromatic carbocycles. The molecule has 0 fully saturated rings. The average Bonchev–Trinajstić information content (AvgIpc) is 2.78. The van der Waals surface area contributed by atoms with E-state index >= 15 is 0 Å². The second-order valence-electron chi connectivity index (χ2n) is 3.45. The minimum Gasteiger partial charge on any atom is -0.330 e. The van der Waals surface area contributed by atoms with Crippen molar-refractivity contribution in [3.8, 4) is 11.4 Å². The van der Waals surface area contributed by atoms with Gasteiger partial charge in [0.2, 0.25) is 0 Å². The molecule has 1 aromatic heterocycles. The predicted molar refractivity (Wildman–Crippen MR) is 61.2 cm³/mol. The normalized spacial score (nSPS) is 10.4. The maximum Gasteiger partial charge on any atom is 0.270 e. The van der Waals surface area contributed by atoms with Crippen molar-refractivity contribution in [2.75, 3.05) is 6.54 Å². The van der Waals surface area contributed by atoms with Crippen LogP contribution >= 0.6 is 0 Å². The number of hydrogen-bond acceptors (Lipinski definition) is 5. The largest absolute Gasteiger partial charge is 0.330 e. The Labute approximate surface area is 96.8 Å². The van der Waals surface area contributed by atoms with Gasteiger partial charge in [-0.05, 0) is 6.54 Å². The number of non-ortho nitro benzene ring substituents is 1. The summed E-state index contributed by atoms with van der Waals surface area (Å²) in [6.45, 7) is 0.476. The van der Waals surface area contributed by atoms with E-state index in [1.54, 1.807) is 12.1 Å². The van der Waals surface area contributed by atoms with Gasteiger partial charge < -0.3 is 5.73 Å². The standard InChI is InChI=1S/C10H11N5O2/c11-5-4-9-12-10(14-13-9)7-2-1-3-8(6-7)15(16)17/h1-3,6H,4-5,11H2,(H,12,13,14). The molecule has 0 atom stereocenters. The van der Waals surface area contributed by atoms with Gasteiger partial charge in [0.1, 0.15) is 5.82 Å². The molecular weight excluding hydrogens is 222 g/mol. The van der Waals surface area contributed by atoms with E-state index < -0.39 is 4.92 Å². The van der Waals surface area contributed by atoms with Crippen LogP contribution in [0.5, 0.6) is 0 Å². The third kappa shape index (κ3) is 2.45. The topological polar surface area (TPSA) is 111 Å². The zero-order chi connectivity index (χ0) is 12.3. The van der Waals surface area contributed by atoms with Gasteiger partial charge in [-0.25, -0.2) is 4.98 Å². The third-order valence-corrected chi connectivity index (χ3v) is 2.23. The zero-order valence-corrected chi connectivity index (χ0v) is 8.96. The highest BCUT2D eigenvalue weighted by Crippen LogP contribution is 2.20. The highest BCUT2D eigenvalue weighted by atomic mass is 16.6. The SMILES string of the molecule is NCCc1nc(-c2cccc([N+](=O)[O-])c2)n[nH]1. The Bertz CT molecular complexity index is 537. The summed E-state index contributed by atoms with van der Waals surface area (Å²) < 4.78 is 0. The number of nitrogens with one attached hydrogen (secondary N) is 1. The summed E-state index contributed by atoms with van der Waals surface area (Å²) >= 11 is 0. The van der Waals surface area contributed by atoms with Crippen LogP contribution < -0.4 is 5.73 Å². The van der Waals surface area contributed by atoms with Gasteiger partial charge in [-0.15, -0.1) is 0 Å². The summed E-state index contributed by atoms with van der Waals surface area (Å²) in [5.74, 6) is 1.12. The van der Waals surface area contributed by atoms with Crippen molar-refractivity contribution in [3.63, 3.8) is 0 Å². The average molecular weight is 233 g/mol. The molecule has 0 unspecified atom stereocenters. The number of nitro benzene ring substituents is 1. The number of nitrogens with two attached hydrogens (primary N) is 1. The van der Waals surface area contributed by atoms with Gasteiger partial charge in [0.25, 0.3) is 5.69 Å². The van der Waals surface area contributed by atoms with E-state index in [1.807, 2.05) is 0 Å². The van der Waals surface area contributed by atoms with Crippen molar-refractivity contribution in [3.05, 3.63) is 40.2 Å². The van der Waals surface area contributed by atoms with E-state index in [9.17, 15) is 10.1 Å². The molecule has 0 saturated carbocycles. The molecular formula is C10H11N5O2. The highest BCUT2D eigenvalue weighted by molar-refractivity contribution is 5.58. The van der Waals surface area contributed by atoms with E-state index in [-0.39, 0.29) is 5.69 Å². The molecule has 0 saturated heterocycles. The highest BCUT2D eigenvalue weighted by Gasteiger charge is 2.10. The maximum atomic E-state index is 10.6. The molecule has 7 nitrogen and oxygen atoms in total. The Morgan fingerprint density at radius 1 is 1.47 bits per heavy atom. The van der Waals surface area contributed by atoms with Gasteiger partial charge >= 0.3 is 0 Å². The van der Waals surface area contributed by atoms with Crippen LogP contribution in [0.1, 0.15) is 5.82 Å². The summed E-state index contributed by atoms with van der Waals surface area (Å²) in [5.41, 5.74) is 6.03. The third-order valence-electron chi connectivity index (χ3n) is 2.23. The molecule has 0 bridgehead atoms. The van der Waals surface area contributed by atoms with E-state index in [0.29, 0.717) is 30.2 Å². The first-order chi connectivity index (χ1) is 8.20. The summed E-state index contributed by atoms with van der Waals surface area (Å²) in [7, 11) is 0. The van der Waals surface area contributed by atoms with E-state index in [0.717, 1.165) is 0 Å². The lowest BCUT2D eigenvalue weighted by Crippen LogP contribution is -2.03. The van der Waals surface area contributed by atoms with Crippen LogP contribution in [0.25, 0.3) is 11.4 Å². The molecule has 0 aliphatic heterocycles. The first-order valence-corrected chi connectivity index (χ1v) is 5.07. The first-order valence-electron chi connectivity index (χ1n) is 5.07. The van der Waals surface area contributed by atoms with Crippen molar-refractivity contribution in [2.24, 2.45) is 5.73 Å². The minimum absolute atomic E-state index is 0.0210. The van der Waals surface area contributed by atoms with Gasteiger partial charge in [0.15, 0.2) is 5.82 Å². The fraction of sp³-hybridized carbons (Fsp3) is 0.200. The molecule has 1 heterocycles. The van der Waals surface area contributed by atoms with Crippen LogP contribution in [0, 0.1) is 10.1 Å². The predicted octanol–water partition coefficient (Wildman–Crippen LogP) is 0.881. The van der Waals surface area contributed by atoms with Crippen LogP contribution in [-0.2, 0) is 6.42 Å². The second kappa shape index (κ2) is 4.71. The number of hydrogen-bond donors (Lipinski definition) is 2. The van der Waals surface area contributed by atoms with Gasteiger partial charge in [-0.1, -0.05) is 12.1 Å². The molecule has 0 amide bonds. The van der Waals surface area contributed by atoms with Crippen LogP contribution in [0.2, 0.25) is 0 Å². The molecule has 0 aliphatic carbocycles. The molecule has 0 radical (unpaired) electrons. The van der Waals surface area contributed by atoms with Gasteiger partial charge in [0.05, 0.1) is 4.92 Å². The van der Waals surface area contributed by atoms with Crippen molar-refractivity contribution in [1.82, 2.24) is 15.2 Å². The molecule has 2 aromatic rings. The number of H-pyrrole nitrogens is 1. The molecule has 3 N–H and O–H groups in total. The van der Waals surface area contributed by atoms with Crippen molar-refractivity contribution < 1.29 is 4.92 Å². The quantitative estimate of drug-likeness (QED) is 0.601. The maximum absolute atomic E-state index is 10.6. The Balaban J connectivity index is 2.32. The fourth-order valence-electron chi connectivity index (χ4n) is 1.43. The fourth-order valence-corrected chi connectivity index (χ4v) is 1.43. The monoisotopic (exact) mass is 233 g/mol. The molecule has 0 aliphatic rings. The van der Waals surface area contributed by atoms with E-state index in [1.165, 1.54) is 12.1 Å². The number of nitrogens with zero attached hydrogens (tertiary/aromatic N) is 3. The zero-order valence-electron chi connectivity index (χ0n) is 8.96. The smallest absolute Gasteiger partial charge is 0.270 e. The number of nitro groups is 1. The van der Waals surface area contributed by atoms with Crippen LogP contribution in [0.4, 0.5) is 5.69 Å². The molecule has 2 rings (SSSR count). The summed E-state index contributed by atoms with van der Waals surface area (Å²) in [6.07, 6.45) is 0.599. The van der Waals surface area contributed by atoms with E-state index in [2.05, 4.69) is 15.2 Å². The van der Waals surface area contributed by atoms with Crippen molar-refractivity contribution in [2.45, 2.75) is 6.42 Å². The van der Waals surface area contributed by atoms with Crippen molar-refractivity contribution >= 4 is 5.69 Å². The van der Waals surface area contributed by atoms with Crippen LogP contribution in [-0.4, -0.2) is 26.6 Å². The number of aromatic amines is 1. The number of benzene rings is 1. The minimum atomic E-state index is -0.447. The lowest BCUT2D eigenvalue weighted by atomic mass is 10.2. The van der Waals surface area contributed by atoms with Gasteiger partial charge in [-0.3, -0.25) is 15.2 Å². The van der Waals surface area contributed by atoms with E-state index in [4.69, 9.17) is 5.73 Å². The number of aromatic nitrogens is 3. The van der Waals surface area contributed by atoms with Crippen molar-refractivity contribution in [1.29, 1.82) is 0 Å². The number of rotatable bonds is 4. The van der Waals surface area contributed by atoms with Gasteiger partial charge in [-0.2, -0.15) is 5.10 Å².